The number of hydrogen-bond acceptors (Lipinski definition) is 3. The topological polar surface area (TPSA) is 50.1 Å². The van der Waals surface area contributed by atoms with Crippen LogP contribution in [0.4, 0.5) is 0 Å². The van der Waals surface area contributed by atoms with Gasteiger partial charge in [-0.05, 0) is 98.4 Å². The highest BCUT2D eigenvalue weighted by Crippen LogP contribution is 2.61. The highest BCUT2D eigenvalue weighted by atomic mass is 32.2. The molecule has 33 heavy (non-hydrogen) atoms. The number of nitrogens with one attached hydrogen (secondary N) is 1. The van der Waals surface area contributed by atoms with E-state index in [0.717, 1.165) is 24.2 Å². The number of fused-ring (bicyclic) bond motifs is 1. The van der Waals surface area contributed by atoms with E-state index in [4.69, 9.17) is 9.21 Å². The van der Waals surface area contributed by atoms with Gasteiger partial charge in [-0.3, -0.25) is 0 Å². The van der Waals surface area contributed by atoms with E-state index in [0.29, 0.717) is 29.3 Å². The Morgan fingerprint density at radius 1 is 1.06 bits per heavy atom. The third-order valence-corrected chi connectivity index (χ3v) is 17.7. The summed E-state index contributed by atoms with van der Waals surface area (Å²) >= 11 is 0. The van der Waals surface area contributed by atoms with Gasteiger partial charge in [0, 0.05) is 11.0 Å². The van der Waals surface area contributed by atoms with Gasteiger partial charge in [-0.25, -0.2) is 8.99 Å². The zero-order valence-electron chi connectivity index (χ0n) is 21.7. The molecule has 3 aliphatic rings. The van der Waals surface area contributed by atoms with Crippen molar-refractivity contribution < 1.29 is 8.63 Å². The molecule has 4 rings (SSSR count). The average molecular weight is 490 g/mol. The summed E-state index contributed by atoms with van der Waals surface area (Å²) in [6, 6.07) is 13.3. The largest absolute Gasteiger partial charge is 0.414 e. The van der Waals surface area contributed by atoms with E-state index in [-0.39, 0.29) is 4.75 Å². The second-order valence-corrected chi connectivity index (χ2v) is 19.0. The Balaban J connectivity index is 1.50. The summed E-state index contributed by atoms with van der Waals surface area (Å²) in [7, 11) is -4.37. The molecule has 186 valence electrons. The molecular formula is C28H47NO2SSi. The standard InChI is InChI=1S/C28H47NO2SSi/c1-6-33(7-2,8-3)31-26-15-12-18-27(5)24(16-17-25(26)27)22(4)21-28(19-20-28)32(29,30)23-13-10-9-11-14-23/h9-11,13-14,22,24-26,29H,6-8,12,15-21H2,1-5H3/t22-,24-,25+,26+,27-,32?/m1/s1. The van der Waals surface area contributed by atoms with Crippen LogP contribution in [0.15, 0.2) is 35.2 Å². The number of rotatable bonds is 10. The predicted molar refractivity (Wildman–Crippen MR) is 142 cm³/mol. The van der Waals surface area contributed by atoms with Gasteiger partial charge in [0.05, 0.1) is 14.5 Å². The monoisotopic (exact) mass is 489 g/mol. The summed E-state index contributed by atoms with van der Waals surface area (Å²) in [6.07, 6.45) is 9.71. The molecule has 0 aliphatic heterocycles. The van der Waals surface area contributed by atoms with Gasteiger partial charge >= 0.3 is 0 Å². The fraction of sp³-hybridized carbons (Fsp3) is 0.786. The smallest absolute Gasteiger partial charge is 0.192 e. The van der Waals surface area contributed by atoms with Crippen LogP contribution in [0.2, 0.25) is 18.1 Å². The molecule has 0 saturated heterocycles. The highest BCUT2D eigenvalue weighted by Gasteiger charge is 2.58. The molecule has 0 heterocycles. The van der Waals surface area contributed by atoms with Crippen molar-refractivity contribution in [1.82, 2.24) is 0 Å². The summed E-state index contributed by atoms with van der Waals surface area (Å²) in [5.41, 5.74) is 0.337. The van der Waals surface area contributed by atoms with Crippen LogP contribution in [-0.2, 0) is 14.2 Å². The maximum absolute atomic E-state index is 13.7. The predicted octanol–water partition coefficient (Wildman–Crippen LogP) is 8.26. The zero-order valence-corrected chi connectivity index (χ0v) is 23.5. The van der Waals surface area contributed by atoms with Gasteiger partial charge in [-0.2, -0.15) is 0 Å². The third-order valence-electron chi connectivity index (χ3n) is 10.3. The molecule has 0 radical (unpaired) electrons. The van der Waals surface area contributed by atoms with Crippen molar-refractivity contribution in [3.63, 3.8) is 0 Å². The molecule has 0 aromatic heterocycles. The van der Waals surface area contributed by atoms with Gasteiger partial charge < -0.3 is 4.43 Å². The van der Waals surface area contributed by atoms with E-state index < -0.39 is 18.0 Å². The maximum atomic E-state index is 13.7. The average Bonchev–Trinajstić information content (AvgIpc) is 3.52. The molecule has 5 heteroatoms. The van der Waals surface area contributed by atoms with Crippen molar-refractivity contribution in [3.05, 3.63) is 30.3 Å². The Morgan fingerprint density at radius 2 is 1.70 bits per heavy atom. The summed E-state index contributed by atoms with van der Waals surface area (Å²) in [4.78, 5) is 0.733. The Kier molecular flexibility index (Phi) is 7.27. The summed E-state index contributed by atoms with van der Waals surface area (Å²) in [5.74, 6) is 1.86. The SMILES string of the molecule is CC[Si](CC)(CC)O[C@H]1CCC[C@]2(C)[C@@H]([C@H](C)CC3(S(=N)(=O)c4ccccc4)CC3)CC[C@@H]12. The van der Waals surface area contributed by atoms with Crippen molar-refractivity contribution in [1.29, 1.82) is 4.78 Å². The zero-order chi connectivity index (χ0) is 23.9. The van der Waals surface area contributed by atoms with Crippen LogP contribution in [0.25, 0.3) is 0 Å². The lowest BCUT2D eigenvalue weighted by atomic mass is 9.61. The van der Waals surface area contributed by atoms with Crippen LogP contribution >= 0.6 is 0 Å². The van der Waals surface area contributed by atoms with Crippen LogP contribution in [0.3, 0.4) is 0 Å². The Hall–Kier alpha value is -0.653. The van der Waals surface area contributed by atoms with E-state index in [1.165, 1.54) is 50.2 Å². The maximum Gasteiger partial charge on any atom is 0.192 e. The van der Waals surface area contributed by atoms with E-state index in [1.807, 2.05) is 30.3 Å². The first-order valence-corrected chi connectivity index (χ1v) is 17.8. The molecule has 0 spiro atoms. The molecule has 1 N–H and O–H groups in total. The second kappa shape index (κ2) is 9.42. The van der Waals surface area contributed by atoms with E-state index in [9.17, 15) is 4.21 Å². The molecular weight excluding hydrogens is 442 g/mol. The van der Waals surface area contributed by atoms with Crippen molar-refractivity contribution in [2.75, 3.05) is 0 Å². The molecule has 6 atom stereocenters. The molecule has 3 aliphatic carbocycles. The minimum Gasteiger partial charge on any atom is -0.414 e. The molecule has 1 aromatic carbocycles. The summed E-state index contributed by atoms with van der Waals surface area (Å²) < 4.78 is 29.5. The first-order valence-electron chi connectivity index (χ1n) is 13.7. The molecule has 3 nitrogen and oxygen atoms in total. The first-order chi connectivity index (χ1) is 15.7. The molecule has 0 amide bonds. The minimum absolute atomic E-state index is 0.304. The summed E-state index contributed by atoms with van der Waals surface area (Å²) in [5, 5.41) is 0. The van der Waals surface area contributed by atoms with Crippen LogP contribution in [0.1, 0.15) is 86.0 Å². The van der Waals surface area contributed by atoms with E-state index in [2.05, 4.69) is 34.6 Å². The van der Waals surface area contributed by atoms with Gasteiger partial charge in [0.2, 0.25) is 0 Å². The molecule has 3 fully saturated rings. The van der Waals surface area contributed by atoms with Crippen LogP contribution in [0.5, 0.6) is 0 Å². The van der Waals surface area contributed by atoms with Crippen LogP contribution in [0, 0.1) is 27.9 Å². The fourth-order valence-corrected chi connectivity index (χ4v) is 13.0. The van der Waals surface area contributed by atoms with Gasteiger partial charge in [-0.15, -0.1) is 0 Å². The highest BCUT2D eigenvalue weighted by molar-refractivity contribution is 7.94. The summed E-state index contributed by atoms with van der Waals surface area (Å²) in [6.45, 7) is 12.0. The fourth-order valence-electron chi connectivity index (χ4n) is 7.90. The van der Waals surface area contributed by atoms with E-state index >= 15 is 0 Å². The normalized spacial score (nSPS) is 33.8. The third kappa shape index (κ3) is 4.40. The van der Waals surface area contributed by atoms with Gasteiger partial charge in [-0.1, -0.05) is 59.2 Å². The number of benzene rings is 1. The quantitative estimate of drug-likeness (QED) is 0.336. The van der Waals surface area contributed by atoms with Crippen LogP contribution in [-0.4, -0.2) is 23.4 Å². The lowest BCUT2D eigenvalue weighted by molar-refractivity contribution is -0.0203. The van der Waals surface area contributed by atoms with Crippen molar-refractivity contribution >= 4 is 18.0 Å². The van der Waals surface area contributed by atoms with Crippen molar-refractivity contribution in [3.8, 4) is 0 Å². The lowest BCUT2D eigenvalue weighted by Crippen LogP contribution is -2.48. The Labute approximate surface area is 204 Å². The van der Waals surface area contributed by atoms with Gasteiger partial charge in [0.25, 0.3) is 0 Å². The minimum atomic E-state index is -2.77. The molecule has 0 bridgehead atoms. The molecule has 1 aromatic rings. The van der Waals surface area contributed by atoms with Gasteiger partial charge in [0.1, 0.15) is 0 Å². The van der Waals surface area contributed by atoms with Crippen molar-refractivity contribution in [2.24, 2.45) is 23.2 Å². The van der Waals surface area contributed by atoms with Crippen molar-refractivity contribution in [2.45, 2.75) is 120 Å². The van der Waals surface area contributed by atoms with Gasteiger partial charge in [0.15, 0.2) is 8.32 Å². The second-order valence-electron chi connectivity index (χ2n) is 11.8. The lowest BCUT2D eigenvalue weighted by Gasteiger charge is -2.49. The van der Waals surface area contributed by atoms with Crippen LogP contribution < -0.4 is 0 Å². The Bertz CT molecular complexity index is 901. The molecule has 1 unspecified atom stereocenters. The first kappa shape index (κ1) is 25.4. The molecule has 3 saturated carbocycles. The number of hydrogen-bond donors (Lipinski definition) is 1. The Morgan fingerprint density at radius 3 is 2.27 bits per heavy atom. The van der Waals surface area contributed by atoms with E-state index in [1.54, 1.807) is 0 Å².